The Labute approximate surface area is 88.8 Å². The molecule has 15 heavy (non-hydrogen) atoms. The van der Waals surface area contributed by atoms with Crippen molar-refractivity contribution in [2.24, 2.45) is 0 Å². The van der Waals surface area contributed by atoms with Crippen molar-refractivity contribution in [2.75, 3.05) is 20.8 Å². The average molecular weight is 209 g/mol. The van der Waals surface area contributed by atoms with Crippen LogP contribution in [0.3, 0.4) is 0 Å². The number of phenolic OH excluding ortho intramolecular Hbond substituents is 1. The lowest BCUT2D eigenvalue weighted by atomic mass is 9.97. The monoisotopic (exact) mass is 209 g/mol. The van der Waals surface area contributed by atoms with Crippen molar-refractivity contribution >= 4 is 0 Å². The normalized spacial score (nSPS) is 19.5. The minimum absolute atomic E-state index is 0.0584. The number of rotatable bonds is 3. The molecule has 4 heteroatoms. The van der Waals surface area contributed by atoms with Gasteiger partial charge >= 0.3 is 0 Å². The van der Waals surface area contributed by atoms with Crippen molar-refractivity contribution in [1.82, 2.24) is 5.32 Å². The summed E-state index contributed by atoms with van der Waals surface area (Å²) in [5.41, 5.74) is 1.09. The zero-order chi connectivity index (χ0) is 10.8. The largest absolute Gasteiger partial charge is 0.502 e. The van der Waals surface area contributed by atoms with Gasteiger partial charge in [-0.25, -0.2) is 0 Å². The van der Waals surface area contributed by atoms with Crippen LogP contribution in [0.5, 0.6) is 17.2 Å². The van der Waals surface area contributed by atoms with E-state index in [4.69, 9.17) is 9.47 Å². The van der Waals surface area contributed by atoms with E-state index in [1.165, 1.54) is 14.2 Å². The zero-order valence-corrected chi connectivity index (χ0v) is 8.91. The lowest BCUT2D eigenvalue weighted by Gasteiger charge is -2.28. The van der Waals surface area contributed by atoms with E-state index in [0.29, 0.717) is 17.5 Å². The molecule has 2 N–H and O–H groups in total. The Morgan fingerprint density at radius 3 is 2.13 bits per heavy atom. The Morgan fingerprint density at radius 2 is 1.80 bits per heavy atom. The second-order valence-electron chi connectivity index (χ2n) is 3.57. The van der Waals surface area contributed by atoms with Crippen molar-refractivity contribution in [1.29, 1.82) is 0 Å². The van der Waals surface area contributed by atoms with Gasteiger partial charge in [0.05, 0.1) is 14.2 Å². The molecule has 0 unspecified atom stereocenters. The van der Waals surface area contributed by atoms with E-state index in [-0.39, 0.29) is 5.75 Å². The van der Waals surface area contributed by atoms with Gasteiger partial charge in [0.1, 0.15) is 0 Å². The van der Waals surface area contributed by atoms with Crippen molar-refractivity contribution < 1.29 is 14.6 Å². The fourth-order valence-electron chi connectivity index (χ4n) is 1.69. The van der Waals surface area contributed by atoms with E-state index in [2.05, 4.69) is 5.32 Å². The summed E-state index contributed by atoms with van der Waals surface area (Å²) in [5.74, 6) is 0.971. The predicted octanol–water partition coefficient (Wildman–Crippen LogP) is 1.44. The van der Waals surface area contributed by atoms with Gasteiger partial charge in [0.15, 0.2) is 11.5 Å². The highest BCUT2D eigenvalue weighted by atomic mass is 16.5. The number of nitrogens with one attached hydrogen (secondary N) is 1. The van der Waals surface area contributed by atoms with Crippen LogP contribution in [0, 0.1) is 0 Å². The highest BCUT2D eigenvalue weighted by molar-refractivity contribution is 5.53. The van der Waals surface area contributed by atoms with E-state index in [1.807, 2.05) is 12.1 Å². The molecule has 0 saturated carbocycles. The Morgan fingerprint density at radius 1 is 1.27 bits per heavy atom. The highest BCUT2D eigenvalue weighted by Crippen LogP contribution is 2.40. The third-order valence-corrected chi connectivity index (χ3v) is 2.73. The van der Waals surface area contributed by atoms with Gasteiger partial charge in [0.25, 0.3) is 0 Å². The first-order valence-corrected chi connectivity index (χ1v) is 4.94. The lowest BCUT2D eigenvalue weighted by molar-refractivity contribution is 0.333. The minimum atomic E-state index is 0.0584. The predicted molar refractivity (Wildman–Crippen MR) is 56.6 cm³/mol. The second-order valence-corrected chi connectivity index (χ2v) is 3.57. The molecule has 0 spiro atoms. The quantitative estimate of drug-likeness (QED) is 0.791. The van der Waals surface area contributed by atoms with Crippen LogP contribution in [0.2, 0.25) is 0 Å². The van der Waals surface area contributed by atoms with Crippen LogP contribution in [0.25, 0.3) is 0 Å². The summed E-state index contributed by atoms with van der Waals surface area (Å²) in [4.78, 5) is 0. The first kappa shape index (κ1) is 10.1. The Bertz CT molecular complexity index is 336. The number of ether oxygens (including phenoxy) is 2. The number of hydrogen-bond acceptors (Lipinski definition) is 4. The summed E-state index contributed by atoms with van der Waals surface area (Å²) in [6.45, 7) is 1.04. The van der Waals surface area contributed by atoms with Crippen LogP contribution in [-0.4, -0.2) is 25.9 Å². The topological polar surface area (TPSA) is 50.7 Å². The summed E-state index contributed by atoms with van der Waals surface area (Å²) < 4.78 is 10.2. The fraction of sp³-hybridized carbons (Fsp3) is 0.455. The number of methoxy groups -OCH3 is 2. The Kier molecular flexibility index (Phi) is 2.68. The van der Waals surface area contributed by atoms with Crippen molar-refractivity contribution in [3.63, 3.8) is 0 Å². The van der Waals surface area contributed by atoms with Crippen LogP contribution < -0.4 is 14.8 Å². The molecule has 0 aromatic heterocycles. The summed E-state index contributed by atoms with van der Waals surface area (Å²) in [6, 6.07) is 4.04. The Balaban J connectivity index is 2.38. The molecular weight excluding hydrogens is 194 g/mol. The number of benzene rings is 1. The van der Waals surface area contributed by atoms with Crippen LogP contribution in [-0.2, 0) is 0 Å². The standard InChI is InChI=1S/C11H15NO3/c1-14-9-5-7(8-3-4-12-8)6-10(15-2)11(9)13/h5-6,8,12-13H,3-4H2,1-2H3/t8-/m1/s1. The number of aromatic hydroxyl groups is 1. The van der Waals surface area contributed by atoms with Gasteiger partial charge in [-0.1, -0.05) is 0 Å². The molecule has 82 valence electrons. The maximum atomic E-state index is 9.72. The van der Waals surface area contributed by atoms with Gasteiger partial charge in [-0.2, -0.15) is 0 Å². The molecule has 1 heterocycles. The molecule has 1 aromatic carbocycles. The van der Waals surface area contributed by atoms with Gasteiger partial charge in [0.2, 0.25) is 5.75 Å². The molecule has 1 aliphatic rings. The molecular formula is C11H15NO3. The third kappa shape index (κ3) is 1.72. The van der Waals surface area contributed by atoms with Crippen molar-refractivity contribution in [3.05, 3.63) is 17.7 Å². The fourth-order valence-corrected chi connectivity index (χ4v) is 1.69. The van der Waals surface area contributed by atoms with Gasteiger partial charge < -0.3 is 19.9 Å². The summed E-state index contributed by atoms with van der Waals surface area (Å²) in [7, 11) is 3.07. The molecule has 1 atom stereocenters. The van der Waals surface area contributed by atoms with Gasteiger partial charge in [-0.3, -0.25) is 0 Å². The second kappa shape index (κ2) is 3.98. The van der Waals surface area contributed by atoms with Gasteiger partial charge in [-0.15, -0.1) is 0 Å². The van der Waals surface area contributed by atoms with Crippen LogP contribution in [0.15, 0.2) is 12.1 Å². The van der Waals surface area contributed by atoms with Crippen LogP contribution in [0.1, 0.15) is 18.0 Å². The number of hydrogen-bond donors (Lipinski definition) is 2. The van der Waals surface area contributed by atoms with E-state index in [1.54, 1.807) is 0 Å². The highest BCUT2D eigenvalue weighted by Gasteiger charge is 2.21. The zero-order valence-electron chi connectivity index (χ0n) is 8.91. The molecule has 1 fully saturated rings. The van der Waals surface area contributed by atoms with E-state index in [9.17, 15) is 5.11 Å². The van der Waals surface area contributed by atoms with Crippen molar-refractivity contribution in [3.8, 4) is 17.2 Å². The number of phenols is 1. The summed E-state index contributed by atoms with van der Waals surface area (Å²) in [6.07, 6.45) is 1.11. The maximum Gasteiger partial charge on any atom is 0.200 e. The van der Waals surface area contributed by atoms with Gasteiger partial charge in [0, 0.05) is 6.04 Å². The SMILES string of the molecule is COc1cc([C@H]2CCN2)cc(OC)c1O. The summed E-state index contributed by atoms with van der Waals surface area (Å²) >= 11 is 0. The first-order valence-electron chi connectivity index (χ1n) is 4.94. The van der Waals surface area contributed by atoms with E-state index >= 15 is 0 Å². The molecule has 1 aromatic rings. The minimum Gasteiger partial charge on any atom is -0.502 e. The summed E-state index contributed by atoms with van der Waals surface area (Å²) in [5, 5.41) is 13.0. The smallest absolute Gasteiger partial charge is 0.200 e. The Hall–Kier alpha value is -1.42. The molecule has 4 nitrogen and oxygen atoms in total. The van der Waals surface area contributed by atoms with Crippen LogP contribution >= 0.6 is 0 Å². The van der Waals surface area contributed by atoms with Gasteiger partial charge in [-0.05, 0) is 30.7 Å². The molecule has 1 aliphatic heterocycles. The molecule has 1 saturated heterocycles. The molecule has 0 radical (unpaired) electrons. The molecule has 0 bridgehead atoms. The first-order chi connectivity index (χ1) is 7.26. The van der Waals surface area contributed by atoms with Crippen LogP contribution in [0.4, 0.5) is 0 Å². The van der Waals surface area contributed by atoms with E-state index < -0.39 is 0 Å². The average Bonchev–Trinajstić information content (AvgIpc) is 2.17. The van der Waals surface area contributed by atoms with Crippen molar-refractivity contribution in [2.45, 2.75) is 12.5 Å². The molecule has 0 aliphatic carbocycles. The molecule has 2 rings (SSSR count). The third-order valence-electron chi connectivity index (χ3n) is 2.73. The maximum absolute atomic E-state index is 9.72. The molecule has 0 amide bonds. The lowest BCUT2D eigenvalue weighted by Crippen LogP contribution is -2.34. The van der Waals surface area contributed by atoms with E-state index in [0.717, 1.165) is 18.5 Å².